The molecule has 0 fully saturated rings. The van der Waals surface area contributed by atoms with Crippen molar-refractivity contribution in [3.05, 3.63) is 12.2 Å². The molecule has 4 heteroatoms. The molecule has 0 aromatic heterocycles. The average Bonchev–Trinajstić information content (AvgIpc) is 2.02. The Labute approximate surface area is 65.0 Å². The number of rotatable bonds is 2. The lowest BCUT2D eigenvalue weighted by Gasteiger charge is -2.08. The molecule has 0 rings (SSSR count). The van der Waals surface area contributed by atoms with E-state index in [0.29, 0.717) is 0 Å². The van der Waals surface area contributed by atoms with Gasteiger partial charge in [0, 0.05) is 0 Å². The maximum atomic E-state index is 10.4. The molecule has 0 bridgehead atoms. The van der Waals surface area contributed by atoms with Crippen LogP contribution in [0.4, 0.5) is 4.79 Å². The van der Waals surface area contributed by atoms with Gasteiger partial charge in [0.25, 0.3) is 0 Å². The molecule has 4 nitrogen and oxygen atoms in total. The Morgan fingerprint density at radius 3 is 2.64 bits per heavy atom. The molecule has 0 aliphatic rings. The summed E-state index contributed by atoms with van der Waals surface area (Å²) in [6.45, 7) is 4.91. The summed E-state index contributed by atoms with van der Waals surface area (Å²) >= 11 is 0. The predicted molar refractivity (Wildman–Crippen MR) is 37.7 cm³/mol. The molecule has 0 spiro atoms. The molecule has 0 N–H and O–H groups in total. The highest BCUT2D eigenvalue weighted by atomic mass is 16.7. The molecule has 1 atom stereocenters. The third-order valence-electron chi connectivity index (χ3n) is 1.07. The fourth-order valence-electron chi connectivity index (χ4n) is 0.354. The minimum absolute atomic E-state index is 0.190. The Morgan fingerprint density at radius 1 is 1.73 bits per heavy atom. The molecule has 0 aliphatic heterocycles. The van der Waals surface area contributed by atoms with E-state index in [9.17, 15) is 4.79 Å². The highest BCUT2D eigenvalue weighted by molar-refractivity contribution is 5.60. The van der Waals surface area contributed by atoms with Crippen molar-refractivity contribution in [2.75, 3.05) is 7.11 Å². The molecule has 0 unspecified atom stereocenters. The van der Waals surface area contributed by atoms with Gasteiger partial charge in [-0.3, -0.25) is 0 Å². The van der Waals surface area contributed by atoms with Crippen molar-refractivity contribution >= 4 is 6.16 Å². The van der Waals surface area contributed by atoms with Gasteiger partial charge in [-0.25, -0.2) is 4.79 Å². The summed E-state index contributed by atoms with van der Waals surface area (Å²) in [6, 6.07) is 1.77. The van der Waals surface area contributed by atoms with E-state index in [4.69, 9.17) is 5.26 Å². The number of nitrogens with zero attached hydrogens (tertiary/aromatic N) is 1. The average molecular weight is 155 g/mol. The fourth-order valence-corrected chi connectivity index (χ4v) is 0.354. The van der Waals surface area contributed by atoms with E-state index in [1.54, 1.807) is 13.0 Å². The maximum absolute atomic E-state index is 10.4. The van der Waals surface area contributed by atoms with Crippen molar-refractivity contribution in [1.29, 1.82) is 5.26 Å². The van der Waals surface area contributed by atoms with Crippen molar-refractivity contribution < 1.29 is 14.3 Å². The van der Waals surface area contributed by atoms with Gasteiger partial charge in [-0.05, 0) is 6.92 Å². The van der Waals surface area contributed by atoms with Crippen molar-refractivity contribution in [2.45, 2.75) is 13.0 Å². The number of nitriles is 1. The molecule has 0 amide bonds. The van der Waals surface area contributed by atoms with Crippen LogP contribution in [0.1, 0.15) is 6.92 Å². The quantitative estimate of drug-likeness (QED) is 0.444. The van der Waals surface area contributed by atoms with Gasteiger partial charge < -0.3 is 9.47 Å². The standard InChI is InChI=1S/C7H9NO3/c1-5(4-8)6(2)11-7(9)10-3/h6H,1H2,2-3H3/t6-/m0/s1. The zero-order valence-electron chi connectivity index (χ0n) is 6.46. The molecule has 60 valence electrons. The molecule has 0 aromatic carbocycles. The maximum Gasteiger partial charge on any atom is 0.508 e. The number of methoxy groups -OCH3 is 1. The second kappa shape index (κ2) is 4.34. The normalized spacial score (nSPS) is 11.0. The number of carbonyl (C=O) groups is 1. The third-order valence-corrected chi connectivity index (χ3v) is 1.07. The largest absolute Gasteiger partial charge is 0.508 e. The number of carbonyl (C=O) groups excluding carboxylic acids is 1. The van der Waals surface area contributed by atoms with Crippen LogP contribution in [0, 0.1) is 11.3 Å². The summed E-state index contributed by atoms with van der Waals surface area (Å²) in [7, 11) is 1.20. The molecule has 0 saturated heterocycles. The van der Waals surface area contributed by atoms with Gasteiger partial charge in [0.05, 0.1) is 18.8 Å². The Bertz CT molecular complexity index is 204. The van der Waals surface area contributed by atoms with E-state index >= 15 is 0 Å². The Hall–Kier alpha value is -1.50. The first kappa shape index (κ1) is 9.50. The summed E-state index contributed by atoms with van der Waals surface area (Å²) in [6.07, 6.45) is -1.43. The van der Waals surface area contributed by atoms with Gasteiger partial charge in [0.2, 0.25) is 0 Å². The Kier molecular flexibility index (Phi) is 3.75. The van der Waals surface area contributed by atoms with Crippen LogP contribution in [0.5, 0.6) is 0 Å². The second-order valence-corrected chi connectivity index (χ2v) is 1.85. The lowest BCUT2D eigenvalue weighted by atomic mass is 10.2. The van der Waals surface area contributed by atoms with E-state index in [-0.39, 0.29) is 5.57 Å². The molecule has 0 aliphatic carbocycles. The lowest BCUT2D eigenvalue weighted by Crippen LogP contribution is -2.15. The van der Waals surface area contributed by atoms with Gasteiger partial charge in [0.1, 0.15) is 6.10 Å². The van der Waals surface area contributed by atoms with Gasteiger partial charge in [-0.2, -0.15) is 5.26 Å². The minimum Gasteiger partial charge on any atom is -0.438 e. The summed E-state index contributed by atoms with van der Waals surface area (Å²) in [4.78, 5) is 10.4. The fraction of sp³-hybridized carbons (Fsp3) is 0.429. The van der Waals surface area contributed by atoms with Crippen LogP contribution in [-0.4, -0.2) is 19.4 Å². The first-order valence-electron chi connectivity index (χ1n) is 2.95. The van der Waals surface area contributed by atoms with Crippen molar-refractivity contribution in [3.63, 3.8) is 0 Å². The smallest absolute Gasteiger partial charge is 0.438 e. The van der Waals surface area contributed by atoms with Gasteiger partial charge in [-0.15, -0.1) is 0 Å². The molecule has 11 heavy (non-hydrogen) atoms. The van der Waals surface area contributed by atoms with Crippen molar-refractivity contribution in [3.8, 4) is 6.07 Å². The molecular weight excluding hydrogens is 146 g/mol. The second-order valence-electron chi connectivity index (χ2n) is 1.85. The summed E-state index contributed by atoms with van der Waals surface area (Å²) < 4.78 is 8.77. The first-order chi connectivity index (χ1) is 5.11. The van der Waals surface area contributed by atoms with Crippen LogP contribution in [-0.2, 0) is 9.47 Å². The van der Waals surface area contributed by atoms with Crippen LogP contribution in [0.3, 0.4) is 0 Å². The van der Waals surface area contributed by atoms with E-state index in [2.05, 4.69) is 16.1 Å². The summed E-state index contributed by atoms with van der Waals surface area (Å²) in [5, 5.41) is 8.31. The molecular formula is C7H9NO3. The van der Waals surface area contributed by atoms with E-state index < -0.39 is 12.3 Å². The van der Waals surface area contributed by atoms with Gasteiger partial charge >= 0.3 is 6.16 Å². The van der Waals surface area contributed by atoms with Crippen LogP contribution in [0.15, 0.2) is 12.2 Å². The first-order valence-corrected chi connectivity index (χ1v) is 2.95. The number of hydrogen-bond donors (Lipinski definition) is 0. The number of hydrogen-bond acceptors (Lipinski definition) is 4. The van der Waals surface area contributed by atoms with E-state index in [1.807, 2.05) is 0 Å². The number of ether oxygens (including phenoxy) is 2. The summed E-state index contributed by atoms with van der Waals surface area (Å²) in [5.41, 5.74) is 0.190. The monoisotopic (exact) mass is 155 g/mol. The van der Waals surface area contributed by atoms with Crippen LogP contribution in [0.25, 0.3) is 0 Å². The SMILES string of the molecule is C=C(C#N)[C@H](C)OC(=O)OC. The molecule has 0 aromatic rings. The topological polar surface area (TPSA) is 59.3 Å². The summed E-state index contributed by atoms with van der Waals surface area (Å²) in [5.74, 6) is 0. The Balaban J connectivity index is 3.89. The third kappa shape index (κ3) is 3.26. The Morgan fingerprint density at radius 2 is 2.27 bits per heavy atom. The lowest BCUT2D eigenvalue weighted by molar-refractivity contribution is 0.0559. The van der Waals surface area contributed by atoms with Crippen molar-refractivity contribution in [1.82, 2.24) is 0 Å². The zero-order chi connectivity index (χ0) is 8.85. The molecule has 0 saturated carbocycles. The van der Waals surface area contributed by atoms with Crippen molar-refractivity contribution in [2.24, 2.45) is 0 Å². The zero-order valence-corrected chi connectivity index (χ0v) is 6.46. The molecule has 0 heterocycles. The minimum atomic E-state index is -0.811. The predicted octanol–water partition coefficient (Wildman–Crippen LogP) is 1.24. The van der Waals surface area contributed by atoms with E-state index in [1.165, 1.54) is 7.11 Å². The molecule has 0 radical (unpaired) electrons. The van der Waals surface area contributed by atoms with E-state index in [0.717, 1.165) is 0 Å². The van der Waals surface area contributed by atoms with Crippen LogP contribution in [0.2, 0.25) is 0 Å². The highest BCUT2D eigenvalue weighted by Gasteiger charge is 2.11. The van der Waals surface area contributed by atoms with Crippen LogP contribution < -0.4 is 0 Å². The van der Waals surface area contributed by atoms with Crippen LogP contribution >= 0.6 is 0 Å². The highest BCUT2D eigenvalue weighted by Crippen LogP contribution is 2.02. The van der Waals surface area contributed by atoms with Gasteiger partial charge in [0.15, 0.2) is 0 Å². The van der Waals surface area contributed by atoms with Gasteiger partial charge in [-0.1, -0.05) is 6.58 Å².